The zero-order valence-corrected chi connectivity index (χ0v) is 20.6. The maximum Gasteiger partial charge on any atom is 0.303 e. The van der Waals surface area contributed by atoms with E-state index in [1.165, 1.54) is 13.0 Å². The maximum absolute atomic E-state index is 13.9. The Morgan fingerprint density at radius 3 is 2.69 bits per heavy atom. The van der Waals surface area contributed by atoms with Gasteiger partial charge < -0.3 is 19.9 Å². The molecule has 2 saturated heterocycles. The summed E-state index contributed by atoms with van der Waals surface area (Å²) in [5.41, 5.74) is 1.70. The van der Waals surface area contributed by atoms with Crippen LogP contribution >= 0.6 is 0 Å². The first-order valence-electron chi connectivity index (χ1n) is 12.5. The Labute approximate surface area is 209 Å². The number of amides is 1. The molecule has 5 rings (SSSR count). The third-order valence-corrected chi connectivity index (χ3v) is 6.98. The van der Waals surface area contributed by atoms with E-state index in [4.69, 9.17) is 9.84 Å². The van der Waals surface area contributed by atoms with Gasteiger partial charge in [-0.3, -0.25) is 9.59 Å². The van der Waals surface area contributed by atoms with Crippen molar-refractivity contribution in [1.82, 2.24) is 19.5 Å². The summed E-state index contributed by atoms with van der Waals surface area (Å²) in [5, 5.41) is 8.43. The number of rotatable bonds is 6. The van der Waals surface area contributed by atoms with Crippen molar-refractivity contribution < 1.29 is 18.7 Å². The second-order valence-electron chi connectivity index (χ2n) is 9.51. The number of nitrogens with one attached hydrogen (secondary N) is 1. The average molecular weight is 495 g/mol. The molecule has 2 atom stereocenters. The maximum atomic E-state index is 13.9. The molecule has 2 aliphatic heterocycles. The standard InChI is InChI=1S/C26H31FN6O3/c1-17(36-18(2)34)26(35)31-13-10-21(11-14-31)29-25-16-28-23-8-9-24(30-33(23)25)32-12-4-7-22(32)19-5-3-6-20(27)15-19/h3,5-6,8-9,15-17,21-22,29H,4,7,10-14H2,1-2H3/t17?,22-/m1/s1. The van der Waals surface area contributed by atoms with Gasteiger partial charge in [0.2, 0.25) is 0 Å². The summed E-state index contributed by atoms with van der Waals surface area (Å²) >= 11 is 0. The highest BCUT2D eigenvalue weighted by Gasteiger charge is 2.29. The molecular weight excluding hydrogens is 463 g/mol. The fraction of sp³-hybridized carbons (Fsp3) is 0.462. The number of carbonyl (C=O) groups excluding carboxylic acids is 2. The second kappa shape index (κ2) is 10.1. The van der Waals surface area contributed by atoms with Crippen molar-refractivity contribution in [3.8, 4) is 0 Å². The summed E-state index contributed by atoms with van der Waals surface area (Å²) in [6, 6.07) is 11.0. The van der Waals surface area contributed by atoms with Gasteiger partial charge in [0, 0.05) is 32.6 Å². The van der Waals surface area contributed by atoms with Crippen molar-refractivity contribution >= 4 is 29.2 Å². The smallest absolute Gasteiger partial charge is 0.303 e. The van der Waals surface area contributed by atoms with Crippen molar-refractivity contribution in [1.29, 1.82) is 0 Å². The van der Waals surface area contributed by atoms with Crippen molar-refractivity contribution in [2.45, 2.75) is 57.7 Å². The summed E-state index contributed by atoms with van der Waals surface area (Å²) in [6.07, 6.45) is 4.50. The summed E-state index contributed by atoms with van der Waals surface area (Å²) in [4.78, 5) is 32.1. The van der Waals surface area contributed by atoms with E-state index < -0.39 is 12.1 Å². The highest BCUT2D eigenvalue weighted by atomic mass is 19.1. The molecule has 1 N–H and O–H groups in total. The van der Waals surface area contributed by atoms with Gasteiger partial charge in [0.15, 0.2) is 11.8 Å². The number of nitrogens with zero attached hydrogens (tertiary/aromatic N) is 5. The van der Waals surface area contributed by atoms with Gasteiger partial charge in [0.25, 0.3) is 5.91 Å². The highest BCUT2D eigenvalue weighted by molar-refractivity contribution is 5.83. The number of likely N-dealkylation sites (tertiary alicyclic amines) is 1. The van der Waals surface area contributed by atoms with Gasteiger partial charge in [-0.1, -0.05) is 12.1 Å². The van der Waals surface area contributed by atoms with E-state index in [1.54, 1.807) is 30.2 Å². The molecule has 1 unspecified atom stereocenters. The fourth-order valence-corrected chi connectivity index (χ4v) is 5.23. The molecule has 0 bridgehead atoms. The van der Waals surface area contributed by atoms with Gasteiger partial charge in [-0.25, -0.2) is 9.37 Å². The Balaban J connectivity index is 1.27. The van der Waals surface area contributed by atoms with Crippen molar-refractivity contribution in [2.75, 3.05) is 29.9 Å². The van der Waals surface area contributed by atoms with Gasteiger partial charge in [-0.05, 0) is 62.4 Å². The number of carbonyl (C=O) groups is 2. The number of halogens is 1. The van der Waals surface area contributed by atoms with Crippen molar-refractivity contribution in [3.05, 3.63) is 54.0 Å². The Hall–Kier alpha value is -3.69. The molecule has 1 aromatic carbocycles. The lowest BCUT2D eigenvalue weighted by Crippen LogP contribution is -2.46. The van der Waals surface area contributed by atoms with Crippen LogP contribution in [0.3, 0.4) is 0 Å². The molecule has 3 aromatic rings. The number of hydrogen-bond acceptors (Lipinski definition) is 7. The van der Waals surface area contributed by atoms with E-state index >= 15 is 0 Å². The molecule has 36 heavy (non-hydrogen) atoms. The van der Waals surface area contributed by atoms with Crippen LogP contribution in [0.5, 0.6) is 0 Å². The predicted molar refractivity (Wildman–Crippen MR) is 133 cm³/mol. The summed E-state index contributed by atoms with van der Waals surface area (Å²) in [6.45, 7) is 4.94. The van der Waals surface area contributed by atoms with Crippen molar-refractivity contribution in [3.63, 3.8) is 0 Å². The van der Waals surface area contributed by atoms with Crippen LogP contribution in [-0.4, -0.2) is 63.2 Å². The molecule has 0 aliphatic carbocycles. The van der Waals surface area contributed by atoms with Crippen LogP contribution in [0.4, 0.5) is 16.0 Å². The largest absolute Gasteiger partial charge is 0.453 e. The quantitative estimate of drug-likeness (QED) is 0.524. The number of hydrogen-bond donors (Lipinski definition) is 1. The van der Waals surface area contributed by atoms with Crippen LogP contribution in [0.2, 0.25) is 0 Å². The minimum absolute atomic E-state index is 0.0850. The molecule has 0 saturated carbocycles. The number of imidazole rings is 1. The number of aromatic nitrogens is 3. The zero-order chi connectivity index (χ0) is 25.2. The highest BCUT2D eigenvalue weighted by Crippen LogP contribution is 2.35. The van der Waals surface area contributed by atoms with Gasteiger partial charge in [0.1, 0.15) is 17.5 Å². The summed E-state index contributed by atoms with van der Waals surface area (Å²) in [7, 11) is 0. The van der Waals surface area contributed by atoms with Crippen LogP contribution in [0.15, 0.2) is 42.6 Å². The Morgan fingerprint density at radius 1 is 1.14 bits per heavy atom. The molecule has 0 spiro atoms. The fourth-order valence-electron chi connectivity index (χ4n) is 5.23. The first-order valence-corrected chi connectivity index (χ1v) is 12.5. The molecule has 2 aromatic heterocycles. The Morgan fingerprint density at radius 2 is 1.94 bits per heavy atom. The van der Waals surface area contributed by atoms with Crippen LogP contribution in [0.25, 0.3) is 5.65 Å². The second-order valence-corrected chi connectivity index (χ2v) is 9.51. The number of benzene rings is 1. The van der Waals surface area contributed by atoms with Gasteiger partial charge >= 0.3 is 5.97 Å². The first kappa shape index (κ1) is 24.0. The molecule has 4 heterocycles. The first-order chi connectivity index (χ1) is 17.4. The molecule has 2 aliphatic rings. The van der Waals surface area contributed by atoms with Crippen LogP contribution in [0.1, 0.15) is 51.1 Å². The number of ether oxygens (including phenoxy) is 1. The molecule has 2 fully saturated rings. The van der Waals surface area contributed by atoms with E-state index in [-0.39, 0.29) is 23.8 Å². The van der Waals surface area contributed by atoms with E-state index in [0.717, 1.165) is 55.1 Å². The lowest BCUT2D eigenvalue weighted by atomic mass is 10.0. The normalized spacial score (nSPS) is 19.5. The monoisotopic (exact) mass is 494 g/mol. The minimum Gasteiger partial charge on any atom is -0.453 e. The van der Waals surface area contributed by atoms with Gasteiger partial charge in [0.05, 0.1) is 12.2 Å². The van der Waals surface area contributed by atoms with E-state index in [1.807, 2.05) is 22.7 Å². The Bertz CT molecular complexity index is 1260. The van der Waals surface area contributed by atoms with Gasteiger partial charge in [-0.15, -0.1) is 5.10 Å². The van der Waals surface area contributed by atoms with E-state index in [9.17, 15) is 14.0 Å². The molecule has 1 amide bonds. The SMILES string of the molecule is CC(=O)OC(C)C(=O)N1CCC(Nc2cnc3ccc(N4CCC[C@@H]4c4cccc(F)c4)nn23)CC1. The summed E-state index contributed by atoms with van der Waals surface area (Å²) < 4.78 is 20.7. The van der Waals surface area contributed by atoms with Gasteiger partial charge in [-0.2, -0.15) is 4.52 Å². The van der Waals surface area contributed by atoms with Crippen LogP contribution in [-0.2, 0) is 14.3 Å². The van der Waals surface area contributed by atoms with E-state index in [2.05, 4.69) is 15.2 Å². The van der Waals surface area contributed by atoms with Crippen LogP contribution < -0.4 is 10.2 Å². The Kier molecular flexibility index (Phi) is 6.75. The molecule has 9 nitrogen and oxygen atoms in total. The molecule has 0 radical (unpaired) electrons. The zero-order valence-electron chi connectivity index (χ0n) is 20.6. The van der Waals surface area contributed by atoms with Crippen LogP contribution in [0, 0.1) is 5.82 Å². The predicted octanol–water partition coefficient (Wildman–Crippen LogP) is 3.56. The molecule has 190 valence electrons. The number of esters is 1. The molecule has 10 heteroatoms. The number of fused-ring (bicyclic) bond motifs is 1. The summed E-state index contributed by atoms with van der Waals surface area (Å²) in [5.74, 6) is 0.783. The lowest BCUT2D eigenvalue weighted by Gasteiger charge is -2.33. The topological polar surface area (TPSA) is 92.1 Å². The lowest BCUT2D eigenvalue weighted by molar-refractivity contribution is -0.157. The number of anilines is 2. The average Bonchev–Trinajstić information content (AvgIpc) is 3.51. The third-order valence-electron chi connectivity index (χ3n) is 6.98. The third kappa shape index (κ3) is 4.98. The molecular formula is C26H31FN6O3. The van der Waals surface area contributed by atoms with Crippen molar-refractivity contribution in [2.24, 2.45) is 0 Å². The van der Waals surface area contributed by atoms with E-state index in [0.29, 0.717) is 13.1 Å². The number of piperidine rings is 1. The minimum atomic E-state index is -0.768.